The third-order valence-corrected chi connectivity index (χ3v) is 5.54. The van der Waals surface area contributed by atoms with Gasteiger partial charge >= 0.3 is 6.09 Å². The van der Waals surface area contributed by atoms with Gasteiger partial charge in [-0.3, -0.25) is 19.7 Å². The standard InChI is InChI=1S/C25H30N4O6/c1-25(2,3)35-24(32)28-14-12-27(13-15-28)23(31)19-9-7-6-8-18(19)22(30)17-10-11-20(26(4)5)21(16-17)29(33)34/h6-11,16H,12-15H2,1-5H3. The summed E-state index contributed by atoms with van der Waals surface area (Å²) < 4.78 is 5.39. The average Bonchev–Trinajstić information content (AvgIpc) is 2.81. The van der Waals surface area contributed by atoms with E-state index in [1.807, 2.05) is 0 Å². The molecule has 3 rings (SSSR count). The molecule has 2 aromatic rings. The highest BCUT2D eigenvalue weighted by Crippen LogP contribution is 2.29. The molecule has 1 heterocycles. The first-order valence-corrected chi connectivity index (χ1v) is 11.3. The van der Waals surface area contributed by atoms with Gasteiger partial charge in [0.1, 0.15) is 11.3 Å². The number of nitrogens with zero attached hydrogens (tertiary/aromatic N) is 4. The molecule has 1 fully saturated rings. The van der Waals surface area contributed by atoms with E-state index in [1.165, 1.54) is 24.3 Å². The van der Waals surface area contributed by atoms with Crippen molar-refractivity contribution in [3.8, 4) is 0 Å². The summed E-state index contributed by atoms with van der Waals surface area (Å²) in [4.78, 5) is 54.7. The molecule has 0 unspecified atom stereocenters. The largest absolute Gasteiger partial charge is 0.444 e. The number of hydrogen-bond donors (Lipinski definition) is 0. The van der Waals surface area contributed by atoms with Gasteiger partial charge in [-0.25, -0.2) is 4.79 Å². The highest BCUT2D eigenvalue weighted by molar-refractivity contribution is 6.15. The van der Waals surface area contributed by atoms with Crippen LogP contribution in [0.5, 0.6) is 0 Å². The van der Waals surface area contributed by atoms with E-state index in [-0.39, 0.29) is 28.3 Å². The second-order valence-electron chi connectivity index (χ2n) is 9.49. The van der Waals surface area contributed by atoms with Crippen LogP contribution < -0.4 is 4.90 Å². The molecule has 1 saturated heterocycles. The van der Waals surface area contributed by atoms with Gasteiger partial charge in [0.05, 0.1) is 10.5 Å². The number of rotatable bonds is 5. The molecule has 0 bridgehead atoms. The monoisotopic (exact) mass is 482 g/mol. The summed E-state index contributed by atoms with van der Waals surface area (Å²) >= 11 is 0. The molecule has 10 nitrogen and oxygen atoms in total. The van der Waals surface area contributed by atoms with Crippen molar-refractivity contribution in [2.75, 3.05) is 45.2 Å². The molecule has 2 amide bonds. The van der Waals surface area contributed by atoms with Gasteiger partial charge in [-0.15, -0.1) is 0 Å². The van der Waals surface area contributed by atoms with Crippen LogP contribution in [0.1, 0.15) is 47.1 Å². The zero-order valence-corrected chi connectivity index (χ0v) is 20.6. The van der Waals surface area contributed by atoms with Gasteiger partial charge in [-0.2, -0.15) is 0 Å². The SMILES string of the molecule is CN(C)c1ccc(C(=O)c2ccccc2C(=O)N2CCN(C(=O)OC(C)(C)C)CC2)cc1[N+](=O)[O-]. The summed E-state index contributed by atoms with van der Waals surface area (Å²) in [5.41, 5.74) is 0.0731. The first-order valence-electron chi connectivity index (χ1n) is 11.3. The Hall–Kier alpha value is -3.95. The third kappa shape index (κ3) is 5.95. The Bertz CT molecular complexity index is 1150. The lowest BCUT2D eigenvalue weighted by atomic mass is 9.96. The Balaban J connectivity index is 1.81. The van der Waals surface area contributed by atoms with E-state index in [0.29, 0.717) is 31.9 Å². The molecule has 0 spiro atoms. The molecule has 0 aliphatic carbocycles. The minimum atomic E-state index is -0.608. The summed E-state index contributed by atoms with van der Waals surface area (Å²) in [6.45, 7) is 6.60. The summed E-state index contributed by atoms with van der Waals surface area (Å²) in [5.74, 6) is -0.813. The fourth-order valence-corrected chi connectivity index (χ4v) is 3.80. The first-order chi connectivity index (χ1) is 16.4. The molecule has 1 aliphatic heterocycles. The molecule has 2 aromatic carbocycles. The molecule has 0 N–H and O–H groups in total. The van der Waals surface area contributed by atoms with E-state index in [2.05, 4.69) is 0 Å². The highest BCUT2D eigenvalue weighted by atomic mass is 16.6. The number of anilines is 1. The number of nitro benzene ring substituents is 1. The highest BCUT2D eigenvalue weighted by Gasteiger charge is 2.30. The number of benzene rings is 2. The van der Waals surface area contributed by atoms with Crippen molar-refractivity contribution in [1.29, 1.82) is 0 Å². The number of carbonyl (C=O) groups is 3. The Labute approximate surface area is 204 Å². The number of nitro groups is 1. The van der Waals surface area contributed by atoms with Gasteiger partial charge in [0.15, 0.2) is 5.78 Å². The van der Waals surface area contributed by atoms with E-state index in [9.17, 15) is 24.5 Å². The smallest absolute Gasteiger partial charge is 0.410 e. The lowest BCUT2D eigenvalue weighted by Gasteiger charge is -2.35. The number of ketones is 1. The second kappa shape index (κ2) is 10.1. The Morgan fingerprint density at radius 2 is 1.51 bits per heavy atom. The lowest BCUT2D eigenvalue weighted by molar-refractivity contribution is -0.384. The maximum absolute atomic E-state index is 13.3. The fourth-order valence-electron chi connectivity index (χ4n) is 3.80. The van der Waals surface area contributed by atoms with E-state index in [0.717, 1.165) is 0 Å². The van der Waals surface area contributed by atoms with Gasteiger partial charge < -0.3 is 19.4 Å². The van der Waals surface area contributed by atoms with Crippen molar-refractivity contribution in [1.82, 2.24) is 9.80 Å². The predicted molar refractivity (Wildman–Crippen MR) is 131 cm³/mol. The van der Waals surface area contributed by atoms with Crippen LogP contribution in [0, 0.1) is 10.1 Å². The van der Waals surface area contributed by atoms with Crippen LogP contribution in [-0.4, -0.2) is 78.4 Å². The molecule has 1 aliphatic rings. The van der Waals surface area contributed by atoms with Crippen LogP contribution in [0.15, 0.2) is 42.5 Å². The van der Waals surface area contributed by atoms with Crippen LogP contribution in [0.2, 0.25) is 0 Å². The number of carbonyl (C=O) groups excluding carboxylic acids is 3. The summed E-state index contributed by atoms with van der Waals surface area (Å²) in [7, 11) is 3.36. The Morgan fingerprint density at radius 3 is 2.06 bits per heavy atom. The molecule has 0 radical (unpaired) electrons. The van der Waals surface area contributed by atoms with Gasteiger partial charge in [-0.1, -0.05) is 18.2 Å². The van der Waals surface area contributed by atoms with Gasteiger partial charge in [-0.05, 0) is 39.0 Å². The van der Waals surface area contributed by atoms with Crippen molar-refractivity contribution in [3.63, 3.8) is 0 Å². The molecular weight excluding hydrogens is 452 g/mol. The van der Waals surface area contributed by atoms with Gasteiger partial charge in [0.2, 0.25) is 0 Å². The Kier molecular flexibility index (Phi) is 7.42. The van der Waals surface area contributed by atoms with Crippen molar-refractivity contribution in [2.24, 2.45) is 0 Å². The number of ether oxygens (including phenoxy) is 1. The van der Waals surface area contributed by atoms with Crippen LogP contribution in [0.25, 0.3) is 0 Å². The van der Waals surface area contributed by atoms with E-state index in [1.54, 1.807) is 67.8 Å². The summed E-state index contributed by atoms with van der Waals surface area (Å²) in [6.07, 6.45) is -0.428. The fraction of sp³-hybridized carbons (Fsp3) is 0.400. The summed E-state index contributed by atoms with van der Waals surface area (Å²) in [6, 6.07) is 10.7. The lowest BCUT2D eigenvalue weighted by Crippen LogP contribution is -2.51. The van der Waals surface area contributed by atoms with Gasteiger partial charge in [0.25, 0.3) is 11.6 Å². The van der Waals surface area contributed by atoms with Crippen LogP contribution in [0.3, 0.4) is 0 Å². The van der Waals surface area contributed by atoms with E-state index < -0.39 is 22.4 Å². The van der Waals surface area contributed by atoms with Crippen molar-refractivity contribution in [2.45, 2.75) is 26.4 Å². The Morgan fingerprint density at radius 1 is 0.943 bits per heavy atom. The predicted octanol–water partition coefficient (Wildman–Crippen LogP) is 3.58. The summed E-state index contributed by atoms with van der Waals surface area (Å²) in [5, 5.41) is 11.5. The zero-order valence-electron chi connectivity index (χ0n) is 20.6. The molecule has 186 valence electrons. The zero-order chi connectivity index (χ0) is 25.9. The average molecular weight is 483 g/mol. The molecule has 0 saturated carbocycles. The van der Waals surface area contributed by atoms with Crippen LogP contribution in [0.4, 0.5) is 16.2 Å². The van der Waals surface area contributed by atoms with E-state index >= 15 is 0 Å². The molecule has 10 heteroatoms. The minimum Gasteiger partial charge on any atom is -0.444 e. The minimum absolute atomic E-state index is 0.122. The third-order valence-electron chi connectivity index (χ3n) is 5.54. The van der Waals surface area contributed by atoms with Crippen LogP contribution >= 0.6 is 0 Å². The molecule has 0 atom stereocenters. The van der Waals surface area contributed by atoms with Crippen molar-refractivity contribution < 1.29 is 24.0 Å². The topological polar surface area (TPSA) is 113 Å². The molecule has 0 aromatic heterocycles. The maximum Gasteiger partial charge on any atom is 0.410 e. The number of piperazine rings is 1. The second-order valence-corrected chi connectivity index (χ2v) is 9.49. The van der Waals surface area contributed by atoms with E-state index in [4.69, 9.17) is 4.74 Å². The maximum atomic E-state index is 13.3. The first kappa shape index (κ1) is 25.7. The number of hydrogen-bond acceptors (Lipinski definition) is 7. The van der Waals surface area contributed by atoms with Crippen molar-refractivity contribution in [3.05, 3.63) is 69.3 Å². The van der Waals surface area contributed by atoms with Gasteiger partial charge in [0, 0.05) is 57.5 Å². The van der Waals surface area contributed by atoms with Crippen molar-refractivity contribution >= 4 is 29.2 Å². The molecular formula is C25H30N4O6. The molecule has 35 heavy (non-hydrogen) atoms. The van der Waals surface area contributed by atoms with Crippen LogP contribution in [-0.2, 0) is 4.74 Å². The quantitative estimate of drug-likeness (QED) is 0.364. The normalized spacial score (nSPS) is 13.9. The number of amides is 2.